The van der Waals surface area contributed by atoms with Crippen LogP contribution in [-0.4, -0.2) is 55.5 Å². The molecule has 44 heavy (non-hydrogen) atoms. The number of hydrogen-bond acceptors (Lipinski definition) is 6. The molecule has 0 aliphatic carbocycles. The van der Waals surface area contributed by atoms with Crippen molar-refractivity contribution in [3.63, 3.8) is 0 Å². The van der Waals surface area contributed by atoms with E-state index in [1.165, 1.54) is 70.6 Å². The van der Waals surface area contributed by atoms with Gasteiger partial charge in [0, 0.05) is 12.8 Å². The average Bonchev–Trinajstić information content (AvgIpc) is 2.98. The highest BCUT2D eigenvalue weighted by Crippen LogP contribution is 2.46. The first-order valence-electron chi connectivity index (χ1n) is 17.7. The Morgan fingerprint density at radius 3 is 1.98 bits per heavy atom. The van der Waals surface area contributed by atoms with E-state index in [1.807, 2.05) is 52.2 Å². The SMILES string of the molecule is CCCCCCCCCCCCCCOc1ccc(CC(COP(=O)(O)OC(CC)CCCN(C)C)CC(=O)CCC)cc1. The van der Waals surface area contributed by atoms with Gasteiger partial charge in [-0.2, -0.15) is 0 Å². The zero-order valence-corrected chi connectivity index (χ0v) is 29.8. The molecular formula is C36H66NO6P. The summed E-state index contributed by atoms with van der Waals surface area (Å²) in [5.74, 6) is 0.784. The van der Waals surface area contributed by atoms with Crippen molar-refractivity contribution in [3.05, 3.63) is 29.8 Å². The second-order valence-electron chi connectivity index (χ2n) is 12.8. The van der Waals surface area contributed by atoms with Crippen LogP contribution >= 0.6 is 7.82 Å². The largest absolute Gasteiger partial charge is 0.494 e. The van der Waals surface area contributed by atoms with Gasteiger partial charge in [0.15, 0.2) is 0 Å². The van der Waals surface area contributed by atoms with Gasteiger partial charge in [0.2, 0.25) is 0 Å². The predicted octanol–water partition coefficient (Wildman–Crippen LogP) is 9.94. The topological polar surface area (TPSA) is 85.3 Å². The van der Waals surface area contributed by atoms with Gasteiger partial charge in [0.25, 0.3) is 0 Å². The number of Topliss-reactive ketones (excluding diaryl/α,β-unsaturated/α-hetero) is 1. The third kappa shape index (κ3) is 22.3. The third-order valence-electron chi connectivity index (χ3n) is 8.10. The van der Waals surface area contributed by atoms with Crippen LogP contribution in [0.15, 0.2) is 24.3 Å². The predicted molar refractivity (Wildman–Crippen MR) is 183 cm³/mol. The van der Waals surface area contributed by atoms with Crippen molar-refractivity contribution < 1.29 is 28.0 Å². The summed E-state index contributed by atoms with van der Waals surface area (Å²) in [7, 11) is -0.227. The van der Waals surface area contributed by atoms with E-state index in [9.17, 15) is 14.3 Å². The van der Waals surface area contributed by atoms with Gasteiger partial charge < -0.3 is 14.5 Å². The van der Waals surface area contributed by atoms with Crippen molar-refractivity contribution in [3.8, 4) is 5.75 Å². The summed E-state index contributed by atoms with van der Waals surface area (Å²) in [6, 6.07) is 7.98. The minimum atomic E-state index is -4.23. The Balaban J connectivity index is 2.44. The molecule has 0 aliphatic rings. The Kier molecular flexibility index (Phi) is 24.0. The molecule has 1 aromatic rings. The summed E-state index contributed by atoms with van der Waals surface area (Å²) in [5, 5.41) is 0. The lowest BCUT2D eigenvalue weighted by Gasteiger charge is -2.23. The van der Waals surface area contributed by atoms with Crippen LogP contribution in [0, 0.1) is 5.92 Å². The summed E-state index contributed by atoms with van der Waals surface area (Å²) in [4.78, 5) is 25.0. The van der Waals surface area contributed by atoms with Crippen molar-refractivity contribution >= 4 is 13.6 Å². The fourth-order valence-electron chi connectivity index (χ4n) is 5.47. The first-order chi connectivity index (χ1) is 21.2. The molecular weight excluding hydrogens is 573 g/mol. The number of hydrogen-bond donors (Lipinski definition) is 1. The Labute approximate surface area is 270 Å². The maximum Gasteiger partial charge on any atom is 0.472 e. The summed E-state index contributed by atoms with van der Waals surface area (Å²) >= 11 is 0. The van der Waals surface area contributed by atoms with E-state index < -0.39 is 7.82 Å². The molecule has 0 aromatic heterocycles. The summed E-state index contributed by atoms with van der Waals surface area (Å²) in [6.07, 6.45) is 19.9. The Bertz CT molecular complexity index is 878. The van der Waals surface area contributed by atoms with Crippen LogP contribution < -0.4 is 4.74 Å². The van der Waals surface area contributed by atoms with E-state index >= 15 is 0 Å². The van der Waals surface area contributed by atoms with Crippen LogP contribution in [0.1, 0.15) is 142 Å². The van der Waals surface area contributed by atoms with Crippen LogP contribution in [-0.2, 0) is 24.8 Å². The lowest BCUT2D eigenvalue weighted by molar-refractivity contribution is -0.120. The molecule has 0 saturated carbocycles. The Morgan fingerprint density at radius 2 is 1.43 bits per heavy atom. The quantitative estimate of drug-likeness (QED) is 0.0662. The normalized spacial score (nSPS) is 14.4. The van der Waals surface area contributed by atoms with Gasteiger partial charge in [0.1, 0.15) is 11.5 Å². The van der Waals surface area contributed by atoms with Crippen molar-refractivity contribution in [1.82, 2.24) is 4.90 Å². The fraction of sp³-hybridized carbons (Fsp3) is 0.806. The molecule has 0 aliphatic heterocycles. The average molecular weight is 640 g/mol. The highest BCUT2D eigenvalue weighted by atomic mass is 31.2. The molecule has 0 radical (unpaired) electrons. The number of carbonyl (C=O) groups excluding carboxylic acids is 1. The number of phosphoric ester groups is 1. The minimum absolute atomic E-state index is 0.00538. The van der Waals surface area contributed by atoms with Crippen LogP contribution in [0.3, 0.4) is 0 Å². The van der Waals surface area contributed by atoms with Crippen molar-refractivity contribution in [2.75, 3.05) is 33.9 Å². The number of ether oxygens (including phenoxy) is 1. The molecule has 1 aromatic carbocycles. The van der Waals surface area contributed by atoms with E-state index in [-0.39, 0.29) is 24.4 Å². The lowest BCUT2D eigenvalue weighted by Crippen LogP contribution is -2.19. The van der Waals surface area contributed by atoms with Gasteiger partial charge in [-0.05, 0) is 82.8 Å². The summed E-state index contributed by atoms with van der Waals surface area (Å²) in [5.41, 5.74) is 1.05. The first-order valence-corrected chi connectivity index (χ1v) is 19.2. The summed E-state index contributed by atoms with van der Waals surface area (Å²) < 4.78 is 29.7. The van der Waals surface area contributed by atoms with Crippen molar-refractivity contribution in [1.29, 1.82) is 0 Å². The van der Waals surface area contributed by atoms with Gasteiger partial charge in [-0.15, -0.1) is 0 Å². The number of nitrogens with zero attached hydrogens (tertiary/aromatic N) is 1. The maximum atomic E-state index is 12.8. The van der Waals surface area contributed by atoms with Crippen LogP contribution in [0.25, 0.3) is 0 Å². The first kappa shape index (κ1) is 40.8. The zero-order chi connectivity index (χ0) is 32.5. The van der Waals surface area contributed by atoms with Gasteiger partial charge >= 0.3 is 7.82 Å². The van der Waals surface area contributed by atoms with E-state index in [4.69, 9.17) is 13.8 Å². The Hall–Kier alpha value is -1.24. The number of unbranched alkanes of at least 4 members (excludes halogenated alkanes) is 11. The molecule has 256 valence electrons. The van der Waals surface area contributed by atoms with Gasteiger partial charge in [-0.25, -0.2) is 4.57 Å². The third-order valence-corrected chi connectivity index (χ3v) is 9.14. The molecule has 3 atom stereocenters. The van der Waals surface area contributed by atoms with Gasteiger partial charge in [0.05, 0.1) is 19.3 Å². The molecule has 8 heteroatoms. The molecule has 0 spiro atoms. The van der Waals surface area contributed by atoms with Crippen molar-refractivity contribution in [2.45, 2.75) is 149 Å². The van der Waals surface area contributed by atoms with E-state index in [0.29, 0.717) is 32.1 Å². The Morgan fingerprint density at radius 1 is 0.841 bits per heavy atom. The molecule has 3 unspecified atom stereocenters. The maximum absolute atomic E-state index is 12.8. The number of benzene rings is 1. The molecule has 1 N–H and O–H groups in total. The number of carbonyl (C=O) groups is 1. The zero-order valence-electron chi connectivity index (χ0n) is 28.9. The minimum Gasteiger partial charge on any atom is -0.494 e. The molecule has 1 rings (SSSR count). The van der Waals surface area contributed by atoms with Crippen LogP contribution in [0.4, 0.5) is 0 Å². The molecule has 0 fully saturated rings. The van der Waals surface area contributed by atoms with E-state index in [2.05, 4.69) is 11.8 Å². The molecule has 0 heterocycles. The highest BCUT2D eigenvalue weighted by Gasteiger charge is 2.28. The van der Waals surface area contributed by atoms with Gasteiger partial charge in [-0.1, -0.05) is 104 Å². The van der Waals surface area contributed by atoms with Crippen LogP contribution in [0.5, 0.6) is 5.75 Å². The standard InChI is InChI=1S/C36H66NO6P/c1-6-9-10-11-12-13-14-15-16-17-18-19-28-41-36-25-23-32(24-26-36)29-33(30-34(38)21-7-2)31-42-44(39,40)43-35(8-3)22-20-27-37(4)5/h23-26,33,35H,6-22,27-31H2,1-5H3,(H,39,40). The van der Waals surface area contributed by atoms with Gasteiger partial charge in [-0.3, -0.25) is 13.8 Å². The number of rotatable bonds is 30. The lowest BCUT2D eigenvalue weighted by atomic mass is 9.94. The molecule has 0 bridgehead atoms. The second-order valence-corrected chi connectivity index (χ2v) is 14.2. The smallest absolute Gasteiger partial charge is 0.472 e. The van der Waals surface area contributed by atoms with Crippen LogP contribution in [0.2, 0.25) is 0 Å². The molecule has 0 amide bonds. The number of ketones is 1. The number of phosphoric acid groups is 1. The highest BCUT2D eigenvalue weighted by molar-refractivity contribution is 7.47. The van der Waals surface area contributed by atoms with E-state index in [0.717, 1.165) is 43.7 Å². The molecule has 7 nitrogen and oxygen atoms in total. The second kappa shape index (κ2) is 25.9. The van der Waals surface area contributed by atoms with Crippen molar-refractivity contribution in [2.24, 2.45) is 5.92 Å². The monoisotopic (exact) mass is 639 g/mol. The van der Waals surface area contributed by atoms with E-state index in [1.54, 1.807) is 0 Å². The fourth-order valence-corrected chi connectivity index (χ4v) is 6.56. The molecule has 0 saturated heterocycles. The summed E-state index contributed by atoms with van der Waals surface area (Å²) in [6.45, 7) is 7.80.